The summed E-state index contributed by atoms with van der Waals surface area (Å²) in [4.78, 5) is 23.7. The zero-order chi connectivity index (χ0) is 15.9. The molecule has 1 saturated heterocycles. The van der Waals surface area contributed by atoms with Crippen molar-refractivity contribution in [2.75, 3.05) is 45.3 Å². The summed E-state index contributed by atoms with van der Waals surface area (Å²) in [5.74, 6) is 0.218. The number of nitro groups is 1. The molecule has 0 aromatic heterocycles. The lowest BCUT2D eigenvalue weighted by molar-refractivity contribution is -0.907. The Labute approximate surface area is 128 Å². The molecule has 0 bridgehead atoms. The van der Waals surface area contributed by atoms with Crippen LogP contribution in [0.4, 0.5) is 11.4 Å². The van der Waals surface area contributed by atoms with E-state index in [1.54, 1.807) is 0 Å². The van der Waals surface area contributed by atoms with Crippen LogP contribution in [0.3, 0.4) is 0 Å². The lowest BCUT2D eigenvalue weighted by Crippen LogP contribution is -3.14. The predicted octanol–water partition coefficient (Wildman–Crippen LogP) is -0.153. The van der Waals surface area contributed by atoms with Gasteiger partial charge in [-0.2, -0.15) is 0 Å². The number of nitro benzene ring substituents is 1. The van der Waals surface area contributed by atoms with Crippen molar-refractivity contribution in [2.45, 2.75) is 6.42 Å². The molecule has 1 aliphatic heterocycles. The number of nitrogens with one attached hydrogen (secondary N) is 2. The van der Waals surface area contributed by atoms with Gasteiger partial charge < -0.3 is 19.7 Å². The quantitative estimate of drug-likeness (QED) is 0.563. The van der Waals surface area contributed by atoms with Gasteiger partial charge >= 0.3 is 0 Å². The molecule has 1 aromatic rings. The number of benzene rings is 1. The standard InChI is InChI=1S/C14H19N3O5/c1-21-13-3-2-11(17(19)20)10-12(13)15-14(18)4-5-16-6-8-22-9-7-16/h2-3,10H,4-9H2,1H3,(H,15,18)/p+1. The molecule has 1 fully saturated rings. The van der Waals surface area contributed by atoms with E-state index in [2.05, 4.69) is 5.32 Å². The average molecular weight is 310 g/mol. The normalized spacial score (nSPS) is 15.3. The molecule has 2 rings (SSSR count). The summed E-state index contributed by atoms with van der Waals surface area (Å²) in [6, 6.07) is 4.12. The minimum absolute atomic E-state index is 0.0881. The van der Waals surface area contributed by atoms with Crippen molar-refractivity contribution >= 4 is 17.3 Å². The molecule has 0 aliphatic carbocycles. The Bertz CT molecular complexity index is 543. The van der Waals surface area contributed by atoms with Gasteiger partial charge in [0.15, 0.2) is 0 Å². The van der Waals surface area contributed by atoms with Crippen LogP contribution in [0.15, 0.2) is 18.2 Å². The molecule has 0 saturated carbocycles. The molecular weight excluding hydrogens is 290 g/mol. The minimum atomic E-state index is -0.507. The molecule has 1 aromatic carbocycles. The lowest BCUT2D eigenvalue weighted by Gasteiger charge is -2.23. The third kappa shape index (κ3) is 4.40. The van der Waals surface area contributed by atoms with Crippen molar-refractivity contribution in [3.8, 4) is 5.75 Å². The molecule has 0 atom stereocenters. The summed E-state index contributed by atoms with van der Waals surface area (Å²) < 4.78 is 10.4. The van der Waals surface area contributed by atoms with Gasteiger partial charge in [-0.05, 0) is 6.07 Å². The monoisotopic (exact) mass is 310 g/mol. The molecule has 1 aliphatic rings. The minimum Gasteiger partial charge on any atom is -0.495 e. The number of ether oxygens (including phenoxy) is 2. The maximum atomic E-state index is 12.0. The first-order chi connectivity index (χ1) is 10.6. The van der Waals surface area contributed by atoms with E-state index in [-0.39, 0.29) is 11.6 Å². The molecule has 1 amide bonds. The lowest BCUT2D eigenvalue weighted by atomic mass is 10.2. The van der Waals surface area contributed by atoms with Crippen molar-refractivity contribution < 1.29 is 24.1 Å². The number of carbonyl (C=O) groups is 1. The van der Waals surface area contributed by atoms with Crippen molar-refractivity contribution in [1.82, 2.24) is 0 Å². The number of anilines is 1. The van der Waals surface area contributed by atoms with Crippen molar-refractivity contribution in [3.05, 3.63) is 28.3 Å². The molecule has 120 valence electrons. The highest BCUT2D eigenvalue weighted by molar-refractivity contribution is 5.92. The second-order valence-corrected chi connectivity index (χ2v) is 5.05. The first kappa shape index (κ1) is 16.2. The molecule has 22 heavy (non-hydrogen) atoms. The molecule has 0 radical (unpaired) electrons. The third-order valence-electron chi connectivity index (χ3n) is 3.57. The third-order valence-corrected chi connectivity index (χ3v) is 3.57. The maximum absolute atomic E-state index is 12.0. The number of hydrogen-bond acceptors (Lipinski definition) is 5. The Morgan fingerprint density at radius 2 is 2.18 bits per heavy atom. The van der Waals surface area contributed by atoms with E-state index in [0.717, 1.165) is 26.3 Å². The van der Waals surface area contributed by atoms with Gasteiger partial charge in [-0.25, -0.2) is 0 Å². The highest BCUT2D eigenvalue weighted by Crippen LogP contribution is 2.28. The van der Waals surface area contributed by atoms with Gasteiger partial charge in [-0.1, -0.05) is 0 Å². The molecule has 0 spiro atoms. The van der Waals surface area contributed by atoms with Gasteiger partial charge in [0.25, 0.3) is 5.69 Å². The van der Waals surface area contributed by atoms with Crippen LogP contribution < -0.4 is 15.0 Å². The number of non-ortho nitro benzene ring substituents is 1. The van der Waals surface area contributed by atoms with E-state index in [4.69, 9.17) is 9.47 Å². The molecule has 0 unspecified atom stereocenters. The van der Waals surface area contributed by atoms with Gasteiger partial charge in [0, 0.05) is 12.1 Å². The van der Waals surface area contributed by atoms with Crippen molar-refractivity contribution in [2.24, 2.45) is 0 Å². The van der Waals surface area contributed by atoms with Gasteiger partial charge in [0.2, 0.25) is 5.91 Å². The smallest absolute Gasteiger partial charge is 0.271 e. The fourth-order valence-electron chi connectivity index (χ4n) is 2.32. The number of amides is 1. The summed E-state index contributed by atoms with van der Waals surface area (Å²) >= 11 is 0. The summed E-state index contributed by atoms with van der Waals surface area (Å²) in [6.45, 7) is 3.94. The SMILES string of the molecule is COc1ccc([N+](=O)[O-])cc1NC(=O)CC[NH+]1CCOCC1. The zero-order valence-corrected chi connectivity index (χ0v) is 12.5. The Hall–Kier alpha value is -2.19. The molecular formula is C14H20N3O5+. The number of morpholine rings is 1. The topological polar surface area (TPSA) is 95.1 Å². The van der Waals surface area contributed by atoms with E-state index in [9.17, 15) is 14.9 Å². The number of hydrogen-bond donors (Lipinski definition) is 2. The van der Waals surface area contributed by atoms with E-state index in [0.29, 0.717) is 24.4 Å². The fraction of sp³-hybridized carbons (Fsp3) is 0.500. The van der Waals surface area contributed by atoms with Crippen LogP contribution >= 0.6 is 0 Å². The Balaban J connectivity index is 1.94. The number of nitrogens with zero attached hydrogens (tertiary/aromatic N) is 1. The largest absolute Gasteiger partial charge is 0.495 e. The number of quaternary nitrogens is 1. The van der Waals surface area contributed by atoms with Crippen LogP contribution in [0.2, 0.25) is 0 Å². The van der Waals surface area contributed by atoms with Crippen LogP contribution in [0.1, 0.15) is 6.42 Å². The number of rotatable bonds is 6. The summed E-state index contributed by atoms with van der Waals surface area (Å²) in [5.41, 5.74) is 0.230. The molecule has 8 nitrogen and oxygen atoms in total. The Kier molecular flexibility index (Phi) is 5.68. The summed E-state index contributed by atoms with van der Waals surface area (Å²) in [7, 11) is 1.45. The highest BCUT2D eigenvalue weighted by Gasteiger charge is 2.17. The van der Waals surface area contributed by atoms with Crippen LogP contribution in [0.5, 0.6) is 5.75 Å². The van der Waals surface area contributed by atoms with E-state index >= 15 is 0 Å². The van der Waals surface area contributed by atoms with Crippen LogP contribution in [-0.4, -0.2) is 50.8 Å². The van der Waals surface area contributed by atoms with Gasteiger partial charge in [-0.15, -0.1) is 0 Å². The second-order valence-electron chi connectivity index (χ2n) is 5.05. The van der Waals surface area contributed by atoms with Gasteiger partial charge in [-0.3, -0.25) is 14.9 Å². The fourth-order valence-corrected chi connectivity index (χ4v) is 2.32. The second kappa shape index (κ2) is 7.71. The van der Waals surface area contributed by atoms with E-state index in [1.807, 2.05) is 0 Å². The van der Waals surface area contributed by atoms with Gasteiger partial charge in [0.1, 0.15) is 18.8 Å². The molecule has 8 heteroatoms. The Morgan fingerprint density at radius 1 is 1.45 bits per heavy atom. The van der Waals surface area contributed by atoms with E-state index < -0.39 is 4.92 Å². The summed E-state index contributed by atoms with van der Waals surface area (Å²) in [6.07, 6.45) is 0.348. The van der Waals surface area contributed by atoms with Crippen LogP contribution in [-0.2, 0) is 9.53 Å². The van der Waals surface area contributed by atoms with Crippen molar-refractivity contribution in [3.63, 3.8) is 0 Å². The van der Waals surface area contributed by atoms with Crippen molar-refractivity contribution in [1.29, 1.82) is 0 Å². The summed E-state index contributed by atoms with van der Waals surface area (Å²) in [5, 5.41) is 13.5. The van der Waals surface area contributed by atoms with Crippen LogP contribution in [0, 0.1) is 10.1 Å². The molecule has 1 heterocycles. The zero-order valence-electron chi connectivity index (χ0n) is 12.5. The van der Waals surface area contributed by atoms with Gasteiger partial charge in [0.05, 0.1) is 43.9 Å². The maximum Gasteiger partial charge on any atom is 0.271 e. The first-order valence-electron chi connectivity index (χ1n) is 7.13. The first-order valence-corrected chi connectivity index (χ1v) is 7.13. The average Bonchev–Trinajstić information content (AvgIpc) is 2.53. The molecule has 2 N–H and O–H groups in total. The van der Waals surface area contributed by atoms with E-state index in [1.165, 1.54) is 30.2 Å². The number of methoxy groups -OCH3 is 1. The number of carbonyl (C=O) groups excluding carboxylic acids is 1. The van der Waals surface area contributed by atoms with Crippen LogP contribution in [0.25, 0.3) is 0 Å². The Morgan fingerprint density at radius 3 is 2.82 bits per heavy atom. The highest BCUT2D eigenvalue weighted by atomic mass is 16.6. The predicted molar refractivity (Wildman–Crippen MR) is 79.3 cm³/mol.